The average molecular weight is 283 g/mol. The van der Waals surface area contributed by atoms with Gasteiger partial charge in [0.1, 0.15) is 6.61 Å². The lowest BCUT2D eigenvalue weighted by Gasteiger charge is -2.11. The lowest BCUT2D eigenvalue weighted by molar-refractivity contribution is 0.0969. The van der Waals surface area contributed by atoms with E-state index >= 15 is 0 Å². The lowest BCUT2D eigenvalue weighted by Crippen LogP contribution is -2.16. The summed E-state index contributed by atoms with van der Waals surface area (Å²) in [6, 6.07) is 5.54. The normalized spacial score (nSPS) is 11.3. The summed E-state index contributed by atoms with van der Waals surface area (Å²) in [7, 11) is 0. The molecule has 1 amide bonds. The van der Waals surface area contributed by atoms with E-state index in [0.717, 1.165) is 29.7 Å². The summed E-state index contributed by atoms with van der Waals surface area (Å²) in [5, 5.41) is 3.99. The molecule has 1 rings (SSSR count). The number of aryl methyl sites for hydroxylation is 1. The second-order valence-electron chi connectivity index (χ2n) is 4.17. The number of benzene rings is 1. The Morgan fingerprint density at radius 3 is 2.74 bits per heavy atom. The first-order chi connectivity index (χ1) is 9.13. The average Bonchev–Trinajstić information content (AvgIpc) is 2.46. The van der Waals surface area contributed by atoms with Gasteiger partial charge in [-0.2, -0.15) is 0 Å². The molecule has 19 heavy (non-hydrogen) atoms. The van der Waals surface area contributed by atoms with Crippen molar-refractivity contribution in [1.29, 1.82) is 0 Å². The fourth-order valence-electron chi connectivity index (χ4n) is 1.67. The monoisotopic (exact) mass is 282 g/mol. The van der Waals surface area contributed by atoms with Crippen molar-refractivity contribution in [2.75, 3.05) is 0 Å². The number of nitrogens with zero attached hydrogens (tertiary/aromatic N) is 1. The van der Waals surface area contributed by atoms with Crippen molar-refractivity contribution in [1.82, 2.24) is 4.84 Å². The molecule has 0 heterocycles. The van der Waals surface area contributed by atoms with Crippen LogP contribution in [-0.2, 0) is 17.9 Å². The van der Waals surface area contributed by atoms with Crippen molar-refractivity contribution < 1.29 is 9.63 Å². The summed E-state index contributed by atoms with van der Waals surface area (Å²) in [4.78, 5) is 19.2. The van der Waals surface area contributed by atoms with Gasteiger partial charge >= 0.3 is 0 Å². The molecule has 5 heteroatoms. The van der Waals surface area contributed by atoms with Gasteiger partial charge in [0.25, 0.3) is 5.91 Å². The van der Waals surface area contributed by atoms with Crippen LogP contribution in [0.15, 0.2) is 23.4 Å². The van der Waals surface area contributed by atoms with Crippen LogP contribution in [0.2, 0.25) is 0 Å². The standard InChI is InChI=1S/C14H19ClN2O2/c1-4-10(3)17-19-9-13-11(5-2)7-6-8-12(13)14(18)16-15/h6-8H,4-5,9H2,1-3H3,(H,16,18). The van der Waals surface area contributed by atoms with Gasteiger partial charge in [0.05, 0.1) is 5.71 Å². The van der Waals surface area contributed by atoms with Crippen molar-refractivity contribution in [3.05, 3.63) is 34.9 Å². The number of amides is 1. The Labute approximate surface area is 118 Å². The van der Waals surface area contributed by atoms with Gasteiger partial charge in [-0.15, -0.1) is 0 Å². The Kier molecular flexibility index (Phi) is 6.36. The van der Waals surface area contributed by atoms with Gasteiger partial charge in [0, 0.05) is 22.9 Å². The molecule has 0 aliphatic carbocycles. The van der Waals surface area contributed by atoms with Crippen molar-refractivity contribution in [3.63, 3.8) is 0 Å². The predicted molar refractivity (Wildman–Crippen MR) is 77.3 cm³/mol. The van der Waals surface area contributed by atoms with Crippen LogP contribution in [0.3, 0.4) is 0 Å². The Balaban J connectivity index is 2.98. The van der Waals surface area contributed by atoms with Gasteiger partial charge in [-0.25, -0.2) is 0 Å². The molecule has 0 radical (unpaired) electrons. The molecule has 0 saturated heterocycles. The molecular weight excluding hydrogens is 264 g/mol. The SMILES string of the molecule is CCC(C)=NOCc1c(CC)cccc1C(=O)NCl. The first-order valence-corrected chi connectivity index (χ1v) is 6.68. The second-order valence-corrected chi connectivity index (χ2v) is 4.36. The molecule has 1 aromatic carbocycles. The highest BCUT2D eigenvalue weighted by atomic mass is 35.5. The molecule has 0 atom stereocenters. The molecule has 0 fully saturated rings. The molecule has 0 unspecified atom stereocenters. The molecule has 0 bridgehead atoms. The molecule has 0 saturated carbocycles. The van der Waals surface area contributed by atoms with Gasteiger partial charge in [-0.05, 0) is 31.4 Å². The number of hydrogen-bond acceptors (Lipinski definition) is 3. The van der Waals surface area contributed by atoms with Crippen LogP contribution >= 0.6 is 11.8 Å². The third kappa shape index (κ3) is 4.24. The minimum Gasteiger partial charge on any atom is -0.391 e. The van der Waals surface area contributed by atoms with Gasteiger partial charge < -0.3 is 4.84 Å². The van der Waals surface area contributed by atoms with E-state index in [4.69, 9.17) is 16.6 Å². The molecule has 1 N–H and O–H groups in total. The molecular formula is C14H19ClN2O2. The van der Waals surface area contributed by atoms with E-state index in [2.05, 4.69) is 9.99 Å². The van der Waals surface area contributed by atoms with Gasteiger partial charge in [0.2, 0.25) is 0 Å². The summed E-state index contributed by atoms with van der Waals surface area (Å²) >= 11 is 5.39. The summed E-state index contributed by atoms with van der Waals surface area (Å²) in [5.74, 6) is -0.327. The maximum atomic E-state index is 11.7. The molecule has 0 aromatic heterocycles. The highest BCUT2D eigenvalue weighted by Gasteiger charge is 2.14. The Hall–Kier alpha value is -1.55. The van der Waals surface area contributed by atoms with Crippen LogP contribution in [0.4, 0.5) is 0 Å². The minimum absolute atomic E-state index is 0.265. The van der Waals surface area contributed by atoms with Crippen LogP contribution in [0.5, 0.6) is 0 Å². The number of carbonyl (C=O) groups excluding carboxylic acids is 1. The molecule has 1 aromatic rings. The van der Waals surface area contributed by atoms with Gasteiger partial charge in [0.15, 0.2) is 0 Å². The molecule has 0 aliphatic rings. The van der Waals surface area contributed by atoms with E-state index in [-0.39, 0.29) is 12.5 Å². The number of hydrogen-bond donors (Lipinski definition) is 1. The van der Waals surface area contributed by atoms with E-state index in [1.807, 2.05) is 32.9 Å². The number of nitrogens with one attached hydrogen (secondary N) is 1. The number of oxime groups is 1. The summed E-state index contributed by atoms with van der Waals surface area (Å²) < 4.78 is 0. The lowest BCUT2D eigenvalue weighted by atomic mass is 9.99. The Morgan fingerprint density at radius 2 is 2.16 bits per heavy atom. The Morgan fingerprint density at radius 1 is 1.42 bits per heavy atom. The number of halogens is 1. The van der Waals surface area contributed by atoms with Crippen molar-refractivity contribution in [2.24, 2.45) is 5.16 Å². The first-order valence-electron chi connectivity index (χ1n) is 6.31. The van der Waals surface area contributed by atoms with Gasteiger partial charge in [-0.3, -0.25) is 9.63 Å². The van der Waals surface area contributed by atoms with Crippen LogP contribution in [-0.4, -0.2) is 11.6 Å². The van der Waals surface area contributed by atoms with Crippen LogP contribution in [0.25, 0.3) is 0 Å². The number of carbonyl (C=O) groups is 1. The van der Waals surface area contributed by atoms with Crippen LogP contribution in [0, 0.1) is 0 Å². The highest BCUT2D eigenvalue weighted by Crippen LogP contribution is 2.17. The minimum atomic E-state index is -0.327. The molecule has 4 nitrogen and oxygen atoms in total. The van der Waals surface area contributed by atoms with Crippen molar-refractivity contribution in [2.45, 2.75) is 40.2 Å². The third-order valence-corrected chi connectivity index (χ3v) is 3.10. The van der Waals surface area contributed by atoms with E-state index in [9.17, 15) is 4.79 Å². The zero-order valence-electron chi connectivity index (χ0n) is 11.5. The zero-order valence-corrected chi connectivity index (χ0v) is 12.3. The first kappa shape index (κ1) is 15.5. The maximum Gasteiger partial charge on any atom is 0.266 e. The summed E-state index contributed by atoms with van der Waals surface area (Å²) in [6.07, 6.45) is 1.66. The topological polar surface area (TPSA) is 50.7 Å². The summed E-state index contributed by atoms with van der Waals surface area (Å²) in [5.41, 5.74) is 3.33. The predicted octanol–water partition coefficient (Wildman–Crippen LogP) is 3.44. The quantitative estimate of drug-likeness (QED) is 0.494. The Bertz CT molecular complexity index is 473. The van der Waals surface area contributed by atoms with Crippen LogP contribution in [0.1, 0.15) is 48.7 Å². The van der Waals surface area contributed by atoms with Crippen molar-refractivity contribution in [3.8, 4) is 0 Å². The van der Waals surface area contributed by atoms with E-state index in [1.54, 1.807) is 6.07 Å². The van der Waals surface area contributed by atoms with Crippen molar-refractivity contribution >= 4 is 23.4 Å². The van der Waals surface area contributed by atoms with E-state index < -0.39 is 0 Å². The molecule has 104 valence electrons. The smallest absolute Gasteiger partial charge is 0.266 e. The maximum absolute atomic E-state index is 11.7. The highest BCUT2D eigenvalue weighted by molar-refractivity contribution is 6.24. The van der Waals surface area contributed by atoms with Crippen LogP contribution < -0.4 is 4.84 Å². The number of rotatable bonds is 6. The fraction of sp³-hybridized carbons (Fsp3) is 0.429. The second kappa shape index (κ2) is 7.79. The zero-order chi connectivity index (χ0) is 14.3. The van der Waals surface area contributed by atoms with E-state index in [0.29, 0.717) is 5.56 Å². The fourth-order valence-corrected chi connectivity index (χ4v) is 1.77. The molecule has 0 spiro atoms. The molecule has 0 aliphatic heterocycles. The summed E-state index contributed by atoms with van der Waals surface area (Å²) in [6.45, 7) is 6.20. The largest absolute Gasteiger partial charge is 0.391 e. The third-order valence-electron chi connectivity index (χ3n) is 2.93. The van der Waals surface area contributed by atoms with Gasteiger partial charge in [-0.1, -0.05) is 31.1 Å². The van der Waals surface area contributed by atoms with E-state index in [1.165, 1.54) is 0 Å².